The molecule has 2 heteroatoms. The molecule has 0 amide bonds. The van der Waals surface area contributed by atoms with Gasteiger partial charge in [0.05, 0.1) is 0 Å². The number of rotatable bonds is 1. The Hall–Kier alpha value is -0.0800. The van der Waals surface area contributed by atoms with Crippen LogP contribution in [-0.4, -0.2) is 48.6 Å². The number of piperidine rings is 1. The molecule has 1 saturated carbocycles. The fourth-order valence-electron chi connectivity index (χ4n) is 5.15. The van der Waals surface area contributed by atoms with Crippen LogP contribution in [0.15, 0.2) is 0 Å². The highest BCUT2D eigenvalue weighted by Gasteiger charge is 2.50. The lowest BCUT2D eigenvalue weighted by molar-refractivity contribution is -0.0393. The molecule has 2 nitrogen and oxygen atoms in total. The lowest BCUT2D eigenvalue weighted by atomic mass is 9.62. The molecule has 1 spiro atoms. The molecule has 2 unspecified atom stereocenters. The van der Waals surface area contributed by atoms with Gasteiger partial charge in [-0.2, -0.15) is 0 Å². The third-order valence-electron chi connectivity index (χ3n) is 5.84. The van der Waals surface area contributed by atoms with Crippen LogP contribution in [0.3, 0.4) is 0 Å². The molecule has 3 aliphatic heterocycles. The smallest absolute Gasteiger partial charge is 0.0282 e. The Balaban J connectivity index is 1.91. The molecule has 0 aromatic carbocycles. The first kappa shape index (κ1) is 12.9. The van der Waals surface area contributed by atoms with Crippen LogP contribution in [0.5, 0.6) is 0 Å². The Bertz CT molecular complexity index is 293. The molecule has 4 aliphatic rings. The van der Waals surface area contributed by atoms with Crippen LogP contribution >= 0.6 is 0 Å². The Kier molecular flexibility index (Phi) is 3.44. The third kappa shape index (κ3) is 2.12. The summed E-state index contributed by atoms with van der Waals surface area (Å²) in [6, 6.07) is 1.56. The number of hydrogen-bond acceptors (Lipinski definition) is 2. The van der Waals surface area contributed by atoms with Crippen molar-refractivity contribution in [3.8, 4) is 0 Å². The summed E-state index contributed by atoms with van der Waals surface area (Å²) in [6.07, 6.45) is 8.98. The second-order valence-electron chi connectivity index (χ2n) is 7.52. The highest BCUT2D eigenvalue weighted by Crippen LogP contribution is 2.51. The van der Waals surface area contributed by atoms with Crippen LogP contribution in [0, 0.1) is 11.3 Å². The topological polar surface area (TPSA) is 6.48 Å². The average molecular weight is 250 g/mol. The standard InChI is InChI=1S/C16H30N2/c1-13(2)18-11-14-9-16(7-5-4-6-8-16)15(18)12-17(3)10-14/h13-15H,4-12H2,1-3H3. The summed E-state index contributed by atoms with van der Waals surface area (Å²) in [6.45, 7) is 8.80. The summed E-state index contributed by atoms with van der Waals surface area (Å²) < 4.78 is 0. The Morgan fingerprint density at radius 2 is 1.72 bits per heavy atom. The van der Waals surface area contributed by atoms with Gasteiger partial charge in [-0.3, -0.25) is 4.90 Å². The summed E-state index contributed by atoms with van der Waals surface area (Å²) in [5.41, 5.74) is 0.677. The third-order valence-corrected chi connectivity index (χ3v) is 5.84. The number of fused-ring (bicyclic) bond motifs is 3. The molecule has 18 heavy (non-hydrogen) atoms. The van der Waals surface area contributed by atoms with Gasteiger partial charge in [-0.05, 0) is 51.5 Å². The van der Waals surface area contributed by atoms with Gasteiger partial charge in [-0.15, -0.1) is 0 Å². The monoisotopic (exact) mass is 250 g/mol. The van der Waals surface area contributed by atoms with E-state index in [1.165, 1.54) is 58.2 Å². The predicted octanol–water partition coefficient (Wildman–Crippen LogP) is 2.98. The zero-order chi connectivity index (χ0) is 12.8. The van der Waals surface area contributed by atoms with Crippen molar-refractivity contribution in [2.75, 3.05) is 26.7 Å². The second-order valence-corrected chi connectivity index (χ2v) is 7.52. The first-order chi connectivity index (χ1) is 8.61. The van der Waals surface area contributed by atoms with Crippen LogP contribution in [0.4, 0.5) is 0 Å². The average Bonchev–Trinajstić information content (AvgIpc) is 2.56. The molecule has 1 aliphatic carbocycles. The molecule has 104 valence electrons. The lowest BCUT2D eigenvalue weighted by Crippen LogP contribution is -2.58. The number of hydrogen-bond donors (Lipinski definition) is 0. The Morgan fingerprint density at radius 3 is 2.39 bits per heavy atom. The second kappa shape index (κ2) is 4.79. The quantitative estimate of drug-likeness (QED) is 0.706. The highest BCUT2D eigenvalue weighted by molar-refractivity contribution is 5.04. The van der Waals surface area contributed by atoms with Gasteiger partial charge in [-0.25, -0.2) is 0 Å². The van der Waals surface area contributed by atoms with Gasteiger partial charge in [0.1, 0.15) is 0 Å². The van der Waals surface area contributed by atoms with Crippen LogP contribution in [-0.2, 0) is 0 Å². The van der Waals surface area contributed by atoms with E-state index in [0.717, 1.165) is 18.0 Å². The largest absolute Gasteiger partial charge is 0.304 e. The minimum atomic E-state index is 0.677. The van der Waals surface area contributed by atoms with Crippen LogP contribution < -0.4 is 0 Å². The van der Waals surface area contributed by atoms with E-state index in [-0.39, 0.29) is 0 Å². The van der Waals surface area contributed by atoms with Gasteiger partial charge in [0.25, 0.3) is 0 Å². The Labute approximate surface area is 113 Å². The molecular formula is C16H30N2. The minimum absolute atomic E-state index is 0.677. The van der Waals surface area contributed by atoms with Crippen LogP contribution in [0.25, 0.3) is 0 Å². The van der Waals surface area contributed by atoms with E-state index in [2.05, 4.69) is 30.7 Å². The minimum Gasteiger partial charge on any atom is -0.304 e. The molecular weight excluding hydrogens is 220 g/mol. The molecule has 0 N–H and O–H groups in total. The van der Waals surface area contributed by atoms with Crippen molar-refractivity contribution in [1.29, 1.82) is 0 Å². The molecule has 3 saturated heterocycles. The summed E-state index contributed by atoms with van der Waals surface area (Å²) in [5, 5.41) is 0. The number of nitrogens with zero attached hydrogens (tertiary/aromatic N) is 2. The summed E-state index contributed by atoms with van der Waals surface area (Å²) in [5.74, 6) is 0.925. The van der Waals surface area contributed by atoms with E-state index in [9.17, 15) is 0 Å². The van der Waals surface area contributed by atoms with Gasteiger partial charge in [0.15, 0.2) is 0 Å². The van der Waals surface area contributed by atoms with E-state index in [1.807, 2.05) is 0 Å². The lowest BCUT2D eigenvalue weighted by Gasteiger charge is -2.54. The summed E-state index contributed by atoms with van der Waals surface area (Å²) in [4.78, 5) is 5.46. The molecule has 2 atom stereocenters. The first-order valence-corrected chi connectivity index (χ1v) is 8.05. The molecule has 2 bridgehead atoms. The molecule has 0 aromatic heterocycles. The van der Waals surface area contributed by atoms with Gasteiger partial charge in [0.2, 0.25) is 0 Å². The van der Waals surface area contributed by atoms with Crippen molar-refractivity contribution >= 4 is 0 Å². The molecule has 4 fully saturated rings. The zero-order valence-electron chi connectivity index (χ0n) is 12.5. The summed E-state index contributed by atoms with van der Waals surface area (Å²) >= 11 is 0. The van der Waals surface area contributed by atoms with E-state index in [1.54, 1.807) is 0 Å². The first-order valence-electron chi connectivity index (χ1n) is 8.05. The van der Waals surface area contributed by atoms with Gasteiger partial charge in [-0.1, -0.05) is 19.3 Å². The Morgan fingerprint density at radius 1 is 1.00 bits per heavy atom. The van der Waals surface area contributed by atoms with E-state index in [0.29, 0.717) is 5.41 Å². The maximum Gasteiger partial charge on any atom is 0.0282 e. The van der Waals surface area contributed by atoms with Gasteiger partial charge >= 0.3 is 0 Å². The SMILES string of the molecule is CC(C)N1CC2CN(C)CC1C1(CCCCC1)C2. The fraction of sp³-hybridized carbons (Fsp3) is 1.00. The number of likely N-dealkylation sites (N-methyl/N-ethyl adjacent to an activating group) is 1. The molecule has 3 heterocycles. The van der Waals surface area contributed by atoms with Crippen molar-refractivity contribution < 1.29 is 0 Å². The molecule has 4 rings (SSSR count). The zero-order valence-corrected chi connectivity index (χ0v) is 12.5. The predicted molar refractivity (Wildman–Crippen MR) is 76.8 cm³/mol. The van der Waals surface area contributed by atoms with Crippen molar-refractivity contribution in [2.45, 2.75) is 64.5 Å². The maximum atomic E-state index is 2.85. The fourth-order valence-corrected chi connectivity index (χ4v) is 5.15. The molecule has 0 radical (unpaired) electrons. The molecule has 0 aromatic rings. The van der Waals surface area contributed by atoms with Gasteiger partial charge < -0.3 is 4.90 Å². The van der Waals surface area contributed by atoms with Crippen molar-refractivity contribution in [1.82, 2.24) is 9.80 Å². The normalized spacial score (nSPS) is 37.3. The van der Waals surface area contributed by atoms with Crippen molar-refractivity contribution in [2.24, 2.45) is 11.3 Å². The van der Waals surface area contributed by atoms with Crippen molar-refractivity contribution in [3.63, 3.8) is 0 Å². The van der Waals surface area contributed by atoms with E-state index in [4.69, 9.17) is 0 Å². The summed E-state index contributed by atoms with van der Waals surface area (Å²) in [7, 11) is 2.34. The van der Waals surface area contributed by atoms with Crippen LogP contribution in [0.1, 0.15) is 52.4 Å². The maximum absolute atomic E-state index is 2.85. The highest BCUT2D eigenvalue weighted by atomic mass is 15.3. The van der Waals surface area contributed by atoms with Gasteiger partial charge in [0, 0.05) is 31.7 Å². The van der Waals surface area contributed by atoms with Crippen LogP contribution in [0.2, 0.25) is 0 Å². The van der Waals surface area contributed by atoms with E-state index < -0.39 is 0 Å². The van der Waals surface area contributed by atoms with E-state index >= 15 is 0 Å². The van der Waals surface area contributed by atoms with Crippen molar-refractivity contribution in [3.05, 3.63) is 0 Å².